The molecule has 2 aliphatic heterocycles. The van der Waals surface area contributed by atoms with Crippen LogP contribution in [-0.4, -0.2) is 58.9 Å². The number of piperazine rings is 1. The predicted molar refractivity (Wildman–Crippen MR) is 108 cm³/mol. The summed E-state index contributed by atoms with van der Waals surface area (Å²) in [4.78, 5) is 41.0. The second kappa shape index (κ2) is 8.39. The van der Waals surface area contributed by atoms with E-state index in [-0.39, 0.29) is 29.8 Å². The van der Waals surface area contributed by atoms with Crippen LogP contribution in [0.3, 0.4) is 0 Å². The molecule has 3 atom stereocenters. The molecule has 0 radical (unpaired) electrons. The van der Waals surface area contributed by atoms with Gasteiger partial charge in [0, 0.05) is 37.3 Å². The number of anilines is 1. The number of rotatable bonds is 4. The van der Waals surface area contributed by atoms with Crippen molar-refractivity contribution in [2.75, 3.05) is 18.4 Å². The Bertz CT molecular complexity index is 813. The van der Waals surface area contributed by atoms with Crippen LogP contribution in [-0.2, 0) is 9.59 Å². The van der Waals surface area contributed by atoms with Gasteiger partial charge in [-0.05, 0) is 37.8 Å². The Morgan fingerprint density at radius 3 is 2.66 bits per heavy atom. The quantitative estimate of drug-likeness (QED) is 0.809. The summed E-state index contributed by atoms with van der Waals surface area (Å²) in [6.45, 7) is 7.94. The van der Waals surface area contributed by atoms with Gasteiger partial charge in [-0.15, -0.1) is 0 Å². The highest BCUT2D eigenvalue weighted by atomic mass is 19.1. The highest BCUT2D eigenvalue weighted by Gasteiger charge is 2.47. The fourth-order valence-electron chi connectivity index (χ4n) is 4.26. The molecule has 2 saturated heterocycles. The summed E-state index contributed by atoms with van der Waals surface area (Å²) in [5.41, 5.74) is 0.758. The van der Waals surface area contributed by atoms with Crippen molar-refractivity contribution < 1.29 is 18.8 Å². The van der Waals surface area contributed by atoms with Gasteiger partial charge in [0.15, 0.2) is 0 Å². The van der Waals surface area contributed by atoms with Crippen LogP contribution in [0.5, 0.6) is 0 Å². The molecule has 2 N–H and O–H groups in total. The molecule has 0 aromatic heterocycles. The molecule has 3 unspecified atom stereocenters. The minimum absolute atomic E-state index is 0.0890. The zero-order valence-corrected chi connectivity index (χ0v) is 17.4. The van der Waals surface area contributed by atoms with E-state index in [2.05, 4.69) is 10.6 Å². The van der Waals surface area contributed by atoms with E-state index in [1.54, 1.807) is 28.9 Å². The fraction of sp³-hybridized carbons (Fsp3) is 0.571. The van der Waals surface area contributed by atoms with Crippen LogP contribution < -0.4 is 10.6 Å². The zero-order valence-electron chi connectivity index (χ0n) is 17.4. The maximum atomic E-state index is 13.8. The van der Waals surface area contributed by atoms with E-state index in [1.165, 1.54) is 13.0 Å². The third-order valence-electron chi connectivity index (χ3n) is 5.64. The maximum Gasteiger partial charge on any atom is 0.322 e. The number of fused-ring (bicyclic) bond motifs is 1. The molecule has 2 fully saturated rings. The van der Waals surface area contributed by atoms with Gasteiger partial charge in [0.1, 0.15) is 11.9 Å². The van der Waals surface area contributed by atoms with E-state index in [9.17, 15) is 18.8 Å². The first-order chi connectivity index (χ1) is 13.7. The standard InChI is InChI=1S/C21H29FN4O3/c1-12(2)8-19-20(28)25-10-15(23-14(4)27)9-16(25)11-26(19)21(29)24-18-7-5-6-17(22)13(18)3/h5-7,12,15-16,19H,8-11H2,1-4H3,(H,23,27)(H,24,29). The predicted octanol–water partition coefficient (Wildman–Crippen LogP) is 2.50. The topological polar surface area (TPSA) is 81.8 Å². The minimum atomic E-state index is -0.573. The van der Waals surface area contributed by atoms with Crippen molar-refractivity contribution >= 4 is 23.5 Å². The first-order valence-electron chi connectivity index (χ1n) is 10.1. The van der Waals surface area contributed by atoms with Crippen molar-refractivity contribution in [1.82, 2.24) is 15.1 Å². The summed E-state index contributed by atoms with van der Waals surface area (Å²) in [5.74, 6) is -0.386. The number of hydrogen-bond acceptors (Lipinski definition) is 3. The Hall–Kier alpha value is -2.64. The molecule has 1 aromatic rings. The van der Waals surface area contributed by atoms with Gasteiger partial charge in [-0.25, -0.2) is 9.18 Å². The van der Waals surface area contributed by atoms with Crippen LogP contribution in [0.4, 0.5) is 14.9 Å². The van der Waals surface area contributed by atoms with Gasteiger partial charge in [0.2, 0.25) is 11.8 Å². The molecule has 2 aliphatic rings. The van der Waals surface area contributed by atoms with E-state index < -0.39 is 17.9 Å². The Morgan fingerprint density at radius 1 is 1.28 bits per heavy atom. The van der Waals surface area contributed by atoms with E-state index in [0.29, 0.717) is 37.2 Å². The van der Waals surface area contributed by atoms with E-state index in [0.717, 1.165) is 0 Å². The molecular weight excluding hydrogens is 375 g/mol. The van der Waals surface area contributed by atoms with Crippen LogP contribution in [0.1, 0.15) is 39.2 Å². The summed E-state index contributed by atoms with van der Waals surface area (Å²) in [6.07, 6.45) is 1.16. The third kappa shape index (κ3) is 4.52. The van der Waals surface area contributed by atoms with Gasteiger partial charge >= 0.3 is 6.03 Å². The Balaban J connectivity index is 1.81. The van der Waals surface area contributed by atoms with Crippen molar-refractivity contribution in [2.45, 2.75) is 58.7 Å². The Morgan fingerprint density at radius 2 is 2.00 bits per heavy atom. The number of halogens is 1. The molecule has 0 saturated carbocycles. The summed E-state index contributed by atoms with van der Waals surface area (Å²) in [7, 11) is 0. The summed E-state index contributed by atoms with van der Waals surface area (Å²) >= 11 is 0. The number of carbonyl (C=O) groups is 3. The third-order valence-corrected chi connectivity index (χ3v) is 5.64. The zero-order chi connectivity index (χ0) is 21.3. The van der Waals surface area contributed by atoms with Crippen molar-refractivity contribution in [2.24, 2.45) is 5.92 Å². The number of nitrogens with zero attached hydrogens (tertiary/aromatic N) is 2. The van der Waals surface area contributed by atoms with Crippen LogP contribution in [0.15, 0.2) is 18.2 Å². The lowest BCUT2D eigenvalue weighted by molar-refractivity contribution is -0.142. The molecule has 0 spiro atoms. The number of benzene rings is 1. The molecule has 1 aromatic carbocycles. The average molecular weight is 404 g/mol. The first kappa shape index (κ1) is 21.1. The highest BCUT2D eigenvalue weighted by Crippen LogP contribution is 2.30. The lowest BCUT2D eigenvalue weighted by atomic mass is 9.97. The molecule has 0 bridgehead atoms. The first-order valence-corrected chi connectivity index (χ1v) is 10.1. The molecule has 4 amide bonds. The molecule has 158 valence electrons. The minimum Gasteiger partial charge on any atom is -0.352 e. The van der Waals surface area contributed by atoms with E-state index in [4.69, 9.17) is 0 Å². The van der Waals surface area contributed by atoms with Crippen LogP contribution in [0.2, 0.25) is 0 Å². The molecule has 3 rings (SSSR count). The van der Waals surface area contributed by atoms with Crippen molar-refractivity contribution in [3.8, 4) is 0 Å². The van der Waals surface area contributed by atoms with Crippen LogP contribution in [0, 0.1) is 18.7 Å². The molecule has 0 aliphatic carbocycles. The smallest absolute Gasteiger partial charge is 0.322 e. The summed E-state index contributed by atoms with van der Waals surface area (Å²) in [6, 6.07) is 3.32. The molecular formula is C21H29FN4O3. The highest BCUT2D eigenvalue weighted by molar-refractivity contribution is 5.95. The molecule has 8 heteroatoms. The normalized spacial score (nSPS) is 23.9. The summed E-state index contributed by atoms with van der Waals surface area (Å²) < 4.78 is 13.8. The maximum absolute atomic E-state index is 13.8. The van der Waals surface area contributed by atoms with Crippen LogP contribution in [0.25, 0.3) is 0 Å². The number of urea groups is 1. The Kier molecular flexibility index (Phi) is 6.10. The van der Waals surface area contributed by atoms with Crippen molar-refractivity contribution in [3.05, 3.63) is 29.6 Å². The monoisotopic (exact) mass is 404 g/mol. The van der Waals surface area contributed by atoms with Crippen LogP contribution >= 0.6 is 0 Å². The molecule has 2 heterocycles. The van der Waals surface area contributed by atoms with Crippen molar-refractivity contribution in [1.29, 1.82) is 0 Å². The lowest BCUT2D eigenvalue weighted by Crippen LogP contribution is -2.62. The van der Waals surface area contributed by atoms with Gasteiger partial charge in [0.25, 0.3) is 0 Å². The number of hydrogen-bond donors (Lipinski definition) is 2. The average Bonchev–Trinajstić information content (AvgIpc) is 3.03. The van der Waals surface area contributed by atoms with Gasteiger partial charge in [0.05, 0.1) is 6.04 Å². The Labute approximate surface area is 170 Å². The second-order valence-corrected chi connectivity index (χ2v) is 8.42. The van der Waals surface area contributed by atoms with Gasteiger partial charge in [-0.3, -0.25) is 9.59 Å². The second-order valence-electron chi connectivity index (χ2n) is 8.42. The van der Waals surface area contributed by atoms with Gasteiger partial charge in [-0.1, -0.05) is 19.9 Å². The van der Waals surface area contributed by atoms with Crippen molar-refractivity contribution in [3.63, 3.8) is 0 Å². The molecule has 29 heavy (non-hydrogen) atoms. The van der Waals surface area contributed by atoms with Gasteiger partial charge in [-0.2, -0.15) is 0 Å². The van der Waals surface area contributed by atoms with Gasteiger partial charge < -0.3 is 20.4 Å². The molecule has 7 nitrogen and oxygen atoms in total. The largest absolute Gasteiger partial charge is 0.352 e. The van der Waals surface area contributed by atoms with E-state index >= 15 is 0 Å². The fourth-order valence-corrected chi connectivity index (χ4v) is 4.26. The summed E-state index contributed by atoms with van der Waals surface area (Å²) in [5, 5.41) is 5.65. The number of amides is 4. The SMILES string of the molecule is CC(=O)NC1CC2CN(C(=O)Nc3cccc(F)c3C)C(CC(C)C)C(=O)N2C1. The number of nitrogens with one attached hydrogen (secondary N) is 2. The van der Waals surface area contributed by atoms with E-state index in [1.807, 2.05) is 13.8 Å². The lowest BCUT2D eigenvalue weighted by Gasteiger charge is -2.43. The number of carbonyl (C=O) groups excluding carboxylic acids is 3.